The zero-order valence-corrected chi connectivity index (χ0v) is 13.9. The van der Waals surface area contributed by atoms with Crippen LogP contribution in [0.3, 0.4) is 0 Å². The molecule has 1 aromatic carbocycles. The first kappa shape index (κ1) is 16.0. The van der Waals surface area contributed by atoms with Gasteiger partial charge >= 0.3 is 0 Å². The molecule has 0 atom stereocenters. The molecule has 1 amide bonds. The summed E-state index contributed by atoms with van der Waals surface area (Å²) in [6.07, 6.45) is 1.82. The van der Waals surface area contributed by atoms with Crippen LogP contribution in [0.1, 0.15) is 23.2 Å². The summed E-state index contributed by atoms with van der Waals surface area (Å²) in [6, 6.07) is 4.26. The molecule has 0 aliphatic carbocycles. The Hall–Kier alpha value is -0.400. The number of alkyl halides is 1. The Balaban J connectivity index is 1.94. The van der Waals surface area contributed by atoms with Crippen molar-refractivity contribution in [3.8, 4) is 0 Å². The van der Waals surface area contributed by atoms with Crippen LogP contribution in [0.5, 0.6) is 0 Å². The smallest absolute Gasteiger partial charge is 0.254 e. The van der Waals surface area contributed by atoms with Gasteiger partial charge in [0.2, 0.25) is 0 Å². The number of piperidine rings is 1. The fourth-order valence-electron chi connectivity index (χ4n) is 2.27. The second kappa shape index (κ2) is 7.56. The quantitative estimate of drug-likeness (QED) is 0.562. The second-order valence-corrected chi connectivity index (χ2v) is 6.22. The predicted molar refractivity (Wildman–Crippen MR) is 84.7 cm³/mol. The molecule has 2 rings (SSSR count). The van der Waals surface area contributed by atoms with Crippen molar-refractivity contribution in [1.29, 1.82) is 0 Å². The molecule has 110 valence electrons. The number of benzene rings is 1. The van der Waals surface area contributed by atoms with E-state index in [-0.39, 0.29) is 17.8 Å². The molecule has 1 aliphatic rings. The molecular formula is C14H16ClFINO2. The van der Waals surface area contributed by atoms with Crippen LogP contribution in [0.25, 0.3) is 0 Å². The summed E-state index contributed by atoms with van der Waals surface area (Å²) in [5.41, 5.74) is 0.562. The maximum atomic E-state index is 13.1. The summed E-state index contributed by atoms with van der Waals surface area (Å²) in [4.78, 5) is 14.2. The number of carbonyl (C=O) groups is 1. The van der Waals surface area contributed by atoms with Crippen LogP contribution in [0, 0.1) is 9.39 Å². The maximum Gasteiger partial charge on any atom is 0.254 e. The first-order chi connectivity index (χ1) is 9.61. The molecule has 1 fully saturated rings. The van der Waals surface area contributed by atoms with Crippen molar-refractivity contribution in [3.05, 3.63) is 33.1 Å². The minimum Gasteiger partial charge on any atom is -0.377 e. The molecule has 0 spiro atoms. The molecular weight excluding hydrogens is 396 g/mol. The Kier molecular flexibility index (Phi) is 6.04. The average Bonchev–Trinajstić information content (AvgIpc) is 2.45. The number of hydrogen-bond acceptors (Lipinski definition) is 2. The minimum absolute atomic E-state index is 0.0369. The van der Waals surface area contributed by atoms with E-state index in [1.807, 2.05) is 22.6 Å². The molecule has 20 heavy (non-hydrogen) atoms. The summed E-state index contributed by atoms with van der Waals surface area (Å²) in [5, 5.41) is 0. The predicted octanol–water partition coefficient (Wildman–Crippen LogP) is 3.29. The van der Waals surface area contributed by atoms with Gasteiger partial charge in [0.1, 0.15) is 5.82 Å². The van der Waals surface area contributed by atoms with Gasteiger partial charge in [-0.05, 0) is 53.6 Å². The van der Waals surface area contributed by atoms with E-state index in [4.69, 9.17) is 16.3 Å². The van der Waals surface area contributed by atoms with Crippen molar-refractivity contribution < 1.29 is 13.9 Å². The zero-order chi connectivity index (χ0) is 14.5. The van der Waals surface area contributed by atoms with E-state index < -0.39 is 0 Å². The van der Waals surface area contributed by atoms with E-state index in [2.05, 4.69) is 0 Å². The van der Waals surface area contributed by atoms with Gasteiger partial charge in [-0.1, -0.05) is 0 Å². The molecule has 3 nitrogen and oxygen atoms in total. The number of carbonyl (C=O) groups excluding carboxylic acids is 1. The summed E-state index contributed by atoms with van der Waals surface area (Å²) in [5.74, 6) is 0.136. The minimum atomic E-state index is -0.320. The van der Waals surface area contributed by atoms with Crippen LogP contribution >= 0.6 is 34.2 Å². The van der Waals surface area contributed by atoms with Gasteiger partial charge in [0.05, 0.1) is 18.3 Å². The van der Waals surface area contributed by atoms with Gasteiger partial charge < -0.3 is 9.64 Å². The monoisotopic (exact) mass is 411 g/mol. The van der Waals surface area contributed by atoms with Crippen LogP contribution in [0.2, 0.25) is 0 Å². The topological polar surface area (TPSA) is 29.5 Å². The fraction of sp³-hybridized carbons (Fsp3) is 0.500. The van der Waals surface area contributed by atoms with E-state index in [0.29, 0.717) is 34.7 Å². The largest absolute Gasteiger partial charge is 0.377 e. The Bertz CT molecular complexity index is 478. The van der Waals surface area contributed by atoms with Gasteiger partial charge in [-0.25, -0.2) is 4.39 Å². The van der Waals surface area contributed by atoms with E-state index in [1.165, 1.54) is 12.1 Å². The molecule has 0 bridgehead atoms. The molecule has 0 aromatic heterocycles. The molecule has 1 heterocycles. The Morgan fingerprint density at radius 3 is 2.75 bits per heavy atom. The molecule has 0 saturated carbocycles. The molecule has 1 aliphatic heterocycles. The lowest BCUT2D eigenvalue weighted by molar-refractivity contribution is 0.0154. The third kappa shape index (κ3) is 4.05. The molecule has 6 heteroatoms. The van der Waals surface area contributed by atoms with Gasteiger partial charge in [0.25, 0.3) is 5.91 Å². The van der Waals surface area contributed by atoms with Crippen LogP contribution < -0.4 is 0 Å². The van der Waals surface area contributed by atoms with Crippen molar-refractivity contribution in [2.24, 2.45) is 0 Å². The highest BCUT2D eigenvalue weighted by Crippen LogP contribution is 2.20. The van der Waals surface area contributed by atoms with Gasteiger partial charge in [0, 0.05) is 22.5 Å². The highest BCUT2D eigenvalue weighted by molar-refractivity contribution is 14.1. The lowest BCUT2D eigenvalue weighted by Gasteiger charge is -2.32. The molecule has 1 aromatic rings. The van der Waals surface area contributed by atoms with E-state index in [0.717, 1.165) is 12.8 Å². The van der Waals surface area contributed by atoms with Gasteiger partial charge in [-0.3, -0.25) is 4.79 Å². The Morgan fingerprint density at radius 2 is 2.15 bits per heavy atom. The summed E-state index contributed by atoms with van der Waals surface area (Å²) >= 11 is 7.58. The van der Waals surface area contributed by atoms with Gasteiger partial charge in [-0.2, -0.15) is 0 Å². The van der Waals surface area contributed by atoms with Gasteiger partial charge in [0.15, 0.2) is 0 Å². The van der Waals surface area contributed by atoms with E-state index in [9.17, 15) is 9.18 Å². The summed E-state index contributed by atoms with van der Waals surface area (Å²) in [6.45, 7) is 1.88. The van der Waals surface area contributed by atoms with Crippen molar-refractivity contribution in [2.75, 3.05) is 25.6 Å². The third-order valence-corrected chi connectivity index (χ3v) is 4.37. The molecule has 0 radical (unpaired) electrons. The molecule has 0 unspecified atom stereocenters. The van der Waals surface area contributed by atoms with Crippen molar-refractivity contribution in [3.63, 3.8) is 0 Å². The normalized spacial score (nSPS) is 16.4. The number of rotatable bonds is 4. The van der Waals surface area contributed by atoms with Crippen molar-refractivity contribution in [1.82, 2.24) is 4.90 Å². The molecule has 1 saturated heterocycles. The fourth-order valence-corrected chi connectivity index (χ4v) is 3.07. The van der Waals surface area contributed by atoms with Crippen molar-refractivity contribution in [2.45, 2.75) is 18.9 Å². The van der Waals surface area contributed by atoms with E-state index >= 15 is 0 Å². The second-order valence-electron chi connectivity index (χ2n) is 4.68. The Morgan fingerprint density at radius 1 is 1.45 bits per heavy atom. The number of ether oxygens (including phenoxy) is 1. The SMILES string of the molecule is O=C(c1ccc(F)cc1I)N1CCC(OCCCl)CC1. The highest BCUT2D eigenvalue weighted by Gasteiger charge is 2.25. The summed E-state index contributed by atoms with van der Waals surface area (Å²) < 4.78 is 19.3. The third-order valence-electron chi connectivity index (χ3n) is 3.32. The summed E-state index contributed by atoms with van der Waals surface area (Å²) in [7, 11) is 0. The average molecular weight is 412 g/mol. The number of halogens is 3. The van der Waals surface area contributed by atoms with Crippen LogP contribution in [-0.4, -0.2) is 42.5 Å². The van der Waals surface area contributed by atoms with Crippen LogP contribution in [-0.2, 0) is 4.74 Å². The first-order valence-corrected chi connectivity index (χ1v) is 8.15. The number of nitrogens with zero attached hydrogens (tertiary/aromatic N) is 1. The zero-order valence-electron chi connectivity index (χ0n) is 10.9. The van der Waals surface area contributed by atoms with Crippen molar-refractivity contribution >= 4 is 40.1 Å². The maximum absolute atomic E-state index is 13.1. The van der Waals surface area contributed by atoms with E-state index in [1.54, 1.807) is 11.0 Å². The number of hydrogen-bond donors (Lipinski definition) is 0. The molecule has 0 N–H and O–H groups in total. The number of amides is 1. The Labute approximate surface area is 136 Å². The standard InChI is InChI=1S/C14H16ClFINO2/c15-5-8-20-11-3-6-18(7-4-11)14(19)12-2-1-10(16)9-13(12)17/h1-2,9,11H,3-8H2. The first-order valence-electron chi connectivity index (χ1n) is 6.53. The van der Waals surface area contributed by atoms with Gasteiger partial charge in [-0.15, -0.1) is 11.6 Å². The van der Waals surface area contributed by atoms with Crippen LogP contribution in [0.4, 0.5) is 4.39 Å². The highest BCUT2D eigenvalue weighted by atomic mass is 127. The lowest BCUT2D eigenvalue weighted by atomic mass is 10.1. The van der Waals surface area contributed by atoms with Crippen LogP contribution in [0.15, 0.2) is 18.2 Å². The number of likely N-dealkylation sites (tertiary alicyclic amines) is 1. The lowest BCUT2D eigenvalue weighted by Crippen LogP contribution is -2.41.